The highest BCUT2D eigenvalue weighted by Gasteiger charge is 2.26. The van der Waals surface area contributed by atoms with E-state index in [1.165, 1.54) is 43.5 Å². The smallest absolute Gasteiger partial charge is 0.243 e. The van der Waals surface area contributed by atoms with Gasteiger partial charge in [0.2, 0.25) is 15.8 Å². The van der Waals surface area contributed by atoms with Crippen LogP contribution >= 0.6 is 11.6 Å². The molecule has 31 heavy (non-hydrogen) atoms. The van der Waals surface area contributed by atoms with Crippen molar-refractivity contribution in [2.75, 3.05) is 13.7 Å². The fraction of sp³-hybridized carbons (Fsp3) is 0.217. The summed E-state index contributed by atoms with van der Waals surface area (Å²) >= 11 is 5.88. The molecule has 0 spiro atoms. The second-order valence-corrected chi connectivity index (χ2v) is 9.31. The largest absolute Gasteiger partial charge is 0.494 e. The van der Waals surface area contributed by atoms with Crippen molar-refractivity contribution in [3.8, 4) is 5.75 Å². The molecule has 0 aliphatic rings. The van der Waals surface area contributed by atoms with E-state index in [0.717, 1.165) is 9.87 Å². The first-order valence-electron chi connectivity index (χ1n) is 9.63. The van der Waals surface area contributed by atoms with Crippen LogP contribution in [0.25, 0.3) is 0 Å². The number of nitrogens with zero attached hydrogens (tertiary/aromatic N) is 1. The van der Waals surface area contributed by atoms with Crippen LogP contribution in [-0.2, 0) is 23.0 Å². The topological polar surface area (TPSA) is 46.6 Å². The molecular weight excluding hydrogens is 444 g/mol. The van der Waals surface area contributed by atoms with E-state index in [9.17, 15) is 17.2 Å². The number of ether oxygens (including phenoxy) is 1. The SMILES string of the molecule is COc1ccc(CN(CCCc2ccccc2)S(=O)(=O)c2ccc(Cl)cc2)c(F)c1F. The molecule has 3 aromatic rings. The van der Waals surface area contributed by atoms with Gasteiger partial charge in [-0.25, -0.2) is 12.8 Å². The van der Waals surface area contributed by atoms with Gasteiger partial charge in [0.1, 0.15) is 0 Å². The van der Waals surface area contributed by atoms with Crippen molar-refractivity contribution in [2.24, 2.45) is 0 Å². The molecule has 0 amide bonds. The zero-order chi connectivity index (χ0) is 22.4. The number of methoxy groups -OCH3 is 1. The summed E-state index contributed by atoms with van der Waals surface area (Å²) in [5.41, 5.74) is 0.989. The van der Waals surface area contributed by atoms with Gasteiger partial charge in [0.15, 0.2) is 11.6 Å². The van der Waals surface area contributed by atoms with Crippen molar-refractivity contribution in [1.29, 1.82) is 0 Å². The Morgan fingerprint density at radius 1 is 0.935 bits per heavy atom. The van der Waals surface area contributed by atoms with Crippen LogP contribution in [0.4, 0.5) is 8.78 Å². The van der Waals surface area contributed by atoms with Crippen molar-refractivity contribution >= 4 is 21.6 Å². The highest BCUT2D eigenvalue weighted by atomic mass is 35.5. The van der Waals surface area contributed by atoms with Crippen LogP contribution < -0.4 is 4.74 Å². The maximum absolute atomic E-state index is 14.5. The van der Waals surface area contributed by atoms with E-state index in [4.69, 9.17) is 16.3 Å². The molecule has 0 N–H and O–H groups in total. The Kier molecular flexibility index (Phi) is 7.64. The maximum atomic E-state index is 14.5. The van der Waals surface area contributed by atoms with Gasteiger partial charge in [-0.1, -0.05) is 48.0 Å². The summed E-state index contributed by atoms with van der Waals surface area (Å²) in [6.07, 6.45) is 1.16. The number of hydrogen-bond donors (Lipinski definition) is 0. The number of aryl methyl sites for hydroxylation is 1. The number of rotatable bonds is 9. The molecule has 3 rings (SSSR count). The summed E-state index contributed by atoms with van der Waals surface area (Å²) in [4.78, 5) is 0.0333. The van der Waals surface area contributed by atoms with Gasteiger partial charge in [-0.2, -0.15) is 8.70 Å². The van der Waals surface area contributed by atoms with Crippen LogP contribution in [0.1, 0.15) is 17.5 Å². The first-order valence-corrected chi connectivity index (χ1v) is 11.4. The molecule has 164 valence electrons. The third kappa shape index (κ3) is 5.61. The van der Waals surface area contributed by atoms with Gasteiger partial charge in [0, 0.05) is 23.7 Å². The fourth-order valence-corrected chi connectivity index (χ4v) is 4.77. The van der Waals surface area contributed by atoms with E-state index in [1.54, 1.807) is 0 Å². The molecule has 0 unspecified atom stereocenters. The summed E-state index contributed by atoms with van der Waals surface area (Å²) in [6.45, 7) is -0.181. The Balaban J connectivity index is 1.88. The first-order chi connectivity index (χ1) is 14.8. The van der Waals surface area contributed by atoms with Gasteiger partial charge < -0.3 is 4.74 Å². The quantitative estimate of drug-likeness (QED) is 0.422. The monoisotopic (exact) mass is 465 g/mol. The molecule has 8 heteroatoms. The van der Waals surface area contributed by atoms with Crippen molar-refractivity contribution in [3.63, 3.8) is 0 Å². The molecular formula is C23H22ClF2NO3S. The Morgan fingerprint density at radius 2 is 1.61 bits per heavy atom. The Labute approximate surface area is 186 Å². The predicted octanol–water partition coefficient (Wildman–Crippen LogP) is 5.45. The Bertz CT molecular complexity index is 1120. The molecule has 0 heterocycles. The molecule has 0 saturated heterocycles. The molecule has 0 aliphatic carbocycles. The van der Waals surface area contributed by atoms with Crippen molar-refractivity contribution in [2.45, 2.75) is 24.3 Å². The third-order valence-electron chi connectivity index (χ3n) is 4.86. The summed E-state index contributed by atoms with van der Waals surface area (Å²) in [5, 5.41) is 0.401. The van der Waals surface area contributed by atoms with E-state index in [-0.39, 0.29) is 29.3 Å². The van der Waals surface area contributed by atoms with Crippen LogP contribution in [0.3, 0.4) is 0 Å². The molecule has 0 saturated carbocycles. The lowest BCUT2D eigenvalue weighted by Gasteiger charge is -2.23. The van der Waals surface area contributed by atoms with E-state index >= 15 is 0 Å². The van der Waals surface area contributed by atoms with Gasteiger partial charge in [0.25, 0.3) is 0 Å². The van der Waals surface area contributed by atoms with E-state index in [1.807, 2.05) is 30.3 Å². The minimum atomic E-state index is -3.96. The highest BCUT2D eigenvalue weighted by molar-refractivity contribution is 7.89. The van der Waals surface area contributed by atoms with Gasteiger partial charge in [-0.15, -0.1) is 0 Å². The molecule has 0 aromatic heterocycles. The lowest BCUT2D eigenvalue weighted by Crippen LogP contribution is -2.32. The Morgan fingerprint density at radius 3 is 2.26 bits per heavy atom. The normalized spacial score (nSPS) is 11.6. The lowest BCUT2D eigenvalue weighted by molar-refractivity contribution is 0.360. The fourth-order valence-electron chi connectivity index (χ4n) is 3.19. The zero-order valence-electron chi connectivity index (χ0n) is 16.9. The van der Waals surface area contributed by atoms with Gasteiger partial charge in [-0.05, 0) is 48.7 Å². The first kappa shape index (κ1) is 23.2. The van der Waals surface area contributed by atoms with Crippen LogP contribution in [0.2, 0.25) is 5.02 Å². The second kappa shape index (κ2) is 10.2. The van der Waals surface area contributed by atoms with E-state index < -0.39 is 21.7 Å². The maximum Gasteiger partial charge on any atom is 0.243 e. The minimum Gasteiger partial charge on any atom is -0.494 e. The van der Waals surface area contributed by atoms with Gasteiger partial charge in [-0.3, -0.25) is 0 Å². The molecule has 0 fully saturated rings. The average Bonchev–Trinajstić information content (AvgIpc) is 2.77. The Hall–Kier alpha value is -2.48. The molecule has 4 nitrogen and oxygen atoms in total. The van der Waals surface area contributed by atoms with Crippen LogP contribution in [0.5, 0.6) is 5.75 Å². The van der Waals surface area contributed by atoms with Crippen molar-refractivity contribution in [1.82, 2.24) is 4.31 Å². The molecule has 0 atom stereocenters. The zero-order valence-corrected chi connectivity index (χ0v) is 18.5. The number of sulfonamides is 1. The van der Waals surface area contributed by atoms with Crippen LogP contribution in [-0.4, -0.2) is 26.4 Å². The van der Waals surface area contributed by atoms with Crippen LogP contribution in [0, 0.1) is 11.6 Å². The molecule has 0 bridgehead atoms. The van der Waals surface area contributed by atoms with Crippen LogP contribution in [0.15, 0.2) is 71.6 Å². The summed E-state index contributed by atoms with van der Waals surface area (Å²) < 4.78 is 61.2. The summed E-state index contributed by atoms with van der Waals surface area (Å²) in [5.74, 6) is -2.51. The summed E-state index contributed by atoms with van der Waals surface area (Å²) in [6, 6.07) is 18.0. The van der Waals surface area contributed by atoms with E-state index in [0.29, 0.717) is 17.9 Å². The summed E-state index contributed by atoms with van der Waals surface area (Å²) in [7, 11) is -2.73. The highest BCUT2D eigenvalue weighted by Crippen LogP contribution is 2.26. The molecule has 0 aliphatic heterocycles. The number of hydrogen-bond acceptors (Lipinski definition) is 3. The second-order valence-electron chi connectivity index (χ2n) is 6.94. The lowest BCUT2D eigenvalue weighted by atomic mass is 10.1. The third-order valence-corrected chi connectivity index (χ3v) is 6.97. The van der Waals surface area contributed by atoms with E-state index in [2.05, 4.69) is 0 Å². The molecule has 0 radical (unpaired) electrons. The van der Waals surface area contributed by atoms with Gasteiger partial charge >= 0.3 is 0 Å². The number of halogens is 3. The standard InChI is InChI=1S/C23H22ClF2NO3S/c1-30-21-14-9-18(22(25)23(21)26)16-27(15-5-8-17-6-3-2-4-7-17)31(28,29)20-12-10-19(24)11-13-20/h2-4,6-7,9-14H,5,8,15-16H2,1H3. The van der Waals surface area contributed by atoms with Crippen molar-refractivity contribution in [3.05, 3.63) is 94.5 Å². The van der Waals surface area contributed by atoms with Gasteiger partial charge in [0.05, 0.1) is 12.0 Å². The molecule has 3 aromatic carbocycles. The predicted molar refractivity (Wildman–Crippen MR) is 117 cm³/mol. The average molecular weight is 466 g/mol. The minimum absolute atomic E-state index is 0.0333. The number of benzene rings is 3. The van der Waals surface area contributed by atoms with Crippen molar-refractivity contribution < 1.29 is 21.9 Å².